The summed E-state index contributed by atoms with van der Waals surface area (Å²) in [4.78, 5) is 8.56. The van der Waals surface area contributed by atoms with Gasteiger partial charge in [-0.3, -0.25) is 0 Å². The Morgan fingerprint density at radius 1 is 1.45 bits per heavy atom. The van der Waals surface area contributed by atoms with Crippen LogP contribution in [0.4, 0.5) is 11.8 Å². The molecule has 0 aliphatic rings. The van der Waals surface area contributed by atoms with Gasteiger partial charge in [-0.2, -0.15) is 16.3 Å². The zero-order chi connectivity index (χ0) is 14.4. The number of aliphatic hydroxyl groups excluding tert-OH is 1. The lowest BCUT2D eigenvalue weighted by molar-refractivity contribution is 0.192. The van der Waals surface area contributed by atoms with Crippen molar-refractivity contribution in [2.75, 3.05) is 23.7 Å². The van der Waals surface area contributed by atoms with E-state index in [4.69, 9.17) is 0 Å². The number of aromatic nitrogens is 2. The number of halogens is 1. The largest absolute Gasteiger partial charge is 0.387 e. The lowest BCUT2D eigenvalue weighted by atomic mass is 10.2. The van der Waals surface area contributed by atoms with Crippen LogP contribution in [-0.2, 0) is 0 Å². The van der Waals surface area contributed by atoms with Crippen LogP contribution in [0.25, 0.3) is 0 Å². The zero-order valence-corrected chi connectivity index (χ0v) is 13.5. The van der Waals surface area contributed by atoms with E-state index in [-0.39, 0.29) is 0 Å². The average molecular weight is 357 g/mol. The first-order chi connectivity index (χ1) is 9.70. The molecule has 108 valence electrons. The highest BCUT2D eigenvalue weighted by molar-refractivity contribution is 9.10. The van der Waals surface area contributed by atoms with E-state index < -0.39 is 6.10 Å². The van der Waals surface area contributed by atoms with Crippen LogP contribution in [0, 0.1) is 0 Å². The SMILES string of the molecule is CCCNc1ncc(Br)c(NCC(O)c2ccsc2)n1. The van der Waals surface area contributed by atoms with E-state index in [1.807, 2.05) is 16.8 Å². The molecule has 2 aromatic heterocycles. The minimum absolute atomic E-state index is 0.402. The average Bonchev–Trinajstić information content (AvgIpc) is 2.99. The minimum atomic E-state index is -0.546. The monoisotopic (exact) mass is 356 g/mol. The van der Waals surface area contributed by atoms with Crippen molar-refractivity contribution in [3.05, 3.63) is 33.1 Å². The van der Waals surface area contributed by atoms with Gasteiger partial charge in [0.05, 0.1) is 10.6 Å². The van der Waals surface area contributed by atoms with Gasteiger partial charge in [0.15, 0.2) is 0 Å². The van der Waals surface area contributed by atoms with Crippen molar-refractivity contribution >= 4 is 39.0 Å². The van der Waals surface area contributed by atoms with Gasteiger partial charge in [0.25, 0.3) is 0 Å². The fraction of sp³-hybridized carbons (Fsp3) is 0.385. The number of anilines is 2. The number of aliphatic hydroxyl groups is 1. The Kier molecular flexibility index (Phi) is 5.75. The molecule has 0 fully saturated rings. The predicted octanol–water partition coefficient (Wildman–Crippen LogP) is 3.27. The van der Waals surface area contributed by atoms with Gasteiger partial charge < -0.3 is 15.7 Å². The molecule has 7 heteroatoms. The summed E-state index contributed by atoms with van der Waals surface area (Å²) in [7, 11) is 0. The van der Waals surface area contributed by atoms with Gasteiger partial charge in [0.1, 0.15) is 5.82 Å². The second kappa shape index (κ2) is 7.56. The third kappa shape index (κ3) is 4.16. The van der Waals surface area contributed by atoms with Crippen molar-refractivity contribution in [1.29, 1.82) is 0 Å². The van der Waals surface area contributed by atoms with Crippen LogP contribution < -0.4 is 10.6 Å². The lowest BCUT2D eigenvalue weighted by Crippen LogP contribution is -2.14. The van der Waals surface area contributed by atoms with Crippen LogP contribution in [0.2, 0.25) is 0 Å². The van der Waals surface area contributed by atoms with Crippen LogP contribution in [-0.4, -0.2) is 28.2 Å². The van der Waals surface area contributed by atoms with Crippen LogP contribution in [0.1, 0.15) is 25.0 Å². The molecule has 20 heavy (non-hydrogen) atoms. The molecule has 0 bridgehead atoms. The molecule has 2 heterocycles. The molecule has 0 aliphatic heterocycles. The van der Waals surface area contributed by atoms with Gasteiger partial charge in [-0.15, -0.1) is 0 Å². The van der Waals surface area contributed by atoms with E-state index in [0.717, 1.165) is 23.0 Å². The van der Waals surface area contributed by atoms with Crippen molar-refractivity contribution < 1.29 is 5.11 Å². The topological polar surface area (TPSA) is 70.1 Å². The van der Waals surface area contributed by atoms with Crippen LogP contribution in [0.15, 0.2) is 27.5 Å². The highest BCUT2D eigenvalue weighted by atomic mass is 79.9. The summed E-state index contributed by atoms with van der Waals surface area (Å²) in [6.45, 7) is 3.32. The van der Waals surface area contributed by atoms with E-state index in [1.165, 1.54) is 0 Å². The Hall–Kier alpha value is -1.18. The van der Waals surface area contributed by atoms with Crippen LogP contribution in [0.5, 0.6) is 0 Å². The summed E-state index contributed by atoms with van der Waals surface area (Å²) in [6.07, 6.45) is 2.17. The molecule has 0 spiro atoms. The van der Waals surface area contributed by atoms with E-state index in [0.29, 0.717) is 18.3 Å². The van der Waals surface area contributed by atoms with Gasteiger partial charge in [-0.05, 0) is 44.7 Å². The number of hydrogen-bond donors (Lipinski definition) is 3. The maximum absolute atomic E-state index is 10.0. The number of thiophene rings is 1. The number of nitrogens with zero attached hydrogens (tertiary/aromatic N) is 2. The first-order valence-electron chi connectivity index (χ1n) is 6.41. The first-order valence-corrected chi connectivity index (χ1v) is 8.14. The van der Waals surface area contributed by atoms with E-state index in [1.54, 1.807) is 17.5 Å². The highest BCUT2D eigenvalue weighted by Gasteiger charge is 2.10. The first kappa shape index (κ1) is 15.2. The summed E-state index contributed by atoms with van der Waals surface area (Å²) in [5, 5.41) is 20.2. The van der Waals surface area contributed by atoms with Gasteiger partial charge in [-0.1, -0.05) is 6.92 Å². The second-order valence-electron chi connectivity index (χ2n) is 4.27. The molecule has 5 nitrogen and oxygen atoms in total. The lowest BCUT2D eigenvalue weighted by Gasteiger charge is -2.13. The molecular weight excluding hydrogens is 340 g/mol. The van der Waals surface area contributed by atoms with Crippen LogP contribution >= 0.6 is 27.3 Å². The van der Waals surface area contributed by atoms with Crippen LogP contribution in [0.3, 0.4) is 0 Å². The van der Waals surface area contributed by atoms with Crippen molar-refractivity contribution in [2.24, 2.45) is 0 Å². The molecule has 0 radical (unpaired) electrons. The Morgan fingerprint density at radius 2 is 2.30 bits per heavy atom. The third-order valence-electron chi connectivity index (χ3n) is 2.67. The van der Waals surface area contributed by atoms with Crippen molar-refractivity contribution in [2.45, 2.75) is 19.4 Å². The van der Waals surface area contributed by atoms with Crippen molar-refractivity contribution in [3.63, 3.8) is 0 Å². The summed E-state index contributed by atoms with van der Waals surface area (Å²) in [5.41, 5.74) is 0.914. The number of nitrogens with one attached hydrogen (secondary N) is 2. The smallest absolute Gasteiger partial charge is 0.224 e. The van der Waals surface area contributed by atoms with Gasteiger partial charge >= 0.3 is 0 Å². The highest BCUT2D eigenvalue weighted by Crippen LogP contribution is 2.22. The molecule has 3 N–H and O–H groups in total. The molecule has 2 aromatic rings. The van der Waals surface area contributed by atoms with Gasteiger partial charge in [-0.25, -0.2) is 4.98 Å². The van der Waals surface area contributed by atoms with E-state index >= 15 is 0 Å². The fourth-order valence-corrected chi connectivity index (χ4v) is 2.63. The normalized spacial score (nSPS) is 12.2. The quantitative estimate of drug-likeness (QED) is 0.710. The summed E-state index contributed by atoms with van der Waals surface area (Å²) in [5.74, 6) is 1.26. The van der Waals surface area contributed by atoms with Crippen molar-refractivity contribution in [3.8, 4) is 0 Å². The summed E-state index contributed by atoms with van der Waals surface area (Å²) < 4.78 is 0.775. The second-order valence-corrected chi connectivity index (χ2v) is 5.90. The summed E-state index contributed by atoms with van der Waals surface area (Å²) >= 11 is 4.97. The molecule has 1 atom stereocenters. The maximum Gasteiger partial charge on any atom is 0.224 e. The molecular formula is C13H17BrN4OS. The minimum Gasteiger partial charge on any atom is -0.387 e. The molecule has 0 saturated carbocycles. The molecule has 0 aliphatic carbocycles. The fourth-order valence-electron chi connectivity index (χ4n) is 1.59. The predicted molar refractivity (Wildman–Crippen MR) is 86.3 cm³/mol. The summed E-state index contributed by atoms with van der Waals surface area (Å²) in [6, 6.07) is 1.92. The standard InChI is InChI=1S/C13H17BrN4OS/c1-2-4-15-13-17-6-10(14)12(18-13)16-7-11(19)9-3-5-20-8-9/h3,5-6,8,11,19H,2,4,7H2,1H3,(H2,15,16,17,18). The number of rotatable bonds is 7. The Morgan fingerprint density at radius 3 is 3.00 bits per heavy atom. The van der Waals surface area contributed by atoms with E-state index in [9.17, 15) is 5.11 Å². The van der Waals surface area contributed by atoms with Crippen molar-refractivity contribution in [1.82, 2.24) is 9.97 Å². The Bertz CT molecular complexity index is 535. The molecule has 0 aromatic carbocycles. The van der Waals surface area contributed by atoms with E-state index in [2.05, 4.69) is 43.5 Å². The Labute approximate surface area is 130 Å². The Balaban J connectivity index is 1.97. The molecule has 0 saturated heterocycles. The van der Waals surface area contributed by atoms with Gasteiger partial charge in [0, 0.05) is 19.3 Å². The zero-order valence-electron chi connectivity index (χ0n) is 11.1. The molecule has 2 rings (SSSR count). The van der Waals surface area contributed by atoms with Gasteiger partial charge in [0.2, 0.25) is 5.95 Å². The maximum atomic E-state index is 10.0. The molecule has 1 unspecified atom stereocenters. The molecule has 0 amide bonds. The third-order valence-corrected chi connectivity index (χ3v) is 3.95. The number of hydrogen-bond acceptors (Lipinski definition) is 6.